The highest BCUT2D eigenvalue weighted by Crippen LogP contribution is 2.20. The molecule has 0 fully saturated rings. The number of ether oxygens (including phenoxy) is 1. The lowest BCUT2D eigenvalue weighted by Crippen LogP contribution is -2.13. The van der Waals surface area contributed by atoms with Gasteiger partial charge in [-0.15, -0.1) is 15.0 Å². The molecular weight excluding hydrogens is 372 g/mol. The highest BCUT2D eigenvalue weighted by atomic mass is 32.2. The van der Waals surface area contributed by atoms with E-state index in [9.17, 15) is 13.2 Å². The second kappa shape index (κ2) is 7.41. The summed E-state index contributed by atoms with van der Waals surface area (Å²) in [6.07, 6.45) is 0. The average molecular weight is 388 g/mol. The van der Waals surface area contributed by atoms with Gasteiger partial charge in [0.15, 0.2) is 0 Å². The van der Waals surface area contributed by atoms with Gasteiger partial charge in [0.05, 0.1) is 17.2 Å². The van der Waals surface area contributed by atoms with Crippen molar-refractivity contribution in [3.8, 4) is 11.4 Å². The summed E-state index contributed by atoms with van der Waals surface area (Å²) in [6.45, 7) is 2.34. The van der Waals surface area contributed by atoms with E-state index in [2.05, 4.69) is 20.1 Å². The average Bonchev–Trinajstić information content (AvgIpc) is 3.13. The van der Waals surface area contributed by atoms with Crippen molar-refractivity contribution in [3.63, 3.8) is 0 Å². The molecule has 3 aromatic rings. The number of benzene rings is 2. The van der Waals surface area contributed by atoms with Gasteiger partial charge in [0.2, 0.25) is 0 Å². The number of primary amides is 1. The van der Waals surface area contributed by atoms with Crippen molar-refractivity contribution in [1.82, 2.24) is 20.2 Å². The Bertz CT molecular complexity index is 1050. The van der Waals surface area contributed by atoms with E-state index < -0.39 is 15.9 Å². The van der Waals surface area contributed by atoms with Crippen LogP contribution in [0.25, 0.3) is 5.69 Å². The van der Waals surface area contributed by atoms with E-state index in [1.54, 1.807) is 24.3 Å². The largest absolute Gasteiger partial charge is 0.494 e. The second-order valence-electron chi connectivity index (χ2n) is 5.32. The fourth-order valence-corrected chi connectivity index (χ4v) is 3.24. The molecule has 0 aliphatic carbocycles. The van der Waals surface area contributed by atoms with Crippen molar-refractivity contribution in [2.45, 2.75) is 11.8 Å². The second-order valence-corrected chi connectivity index (χ2v) is 7.01. The molecule has 1 amide bonds. The Labute approximate surface area is 155 Å². The molecule has 0 spiro atoms. The van der Waals surface area contributed by atoms with Gasteiger partial charge in [-0.3, -0.25) is 9.52 Å². The molecule has 0 unspecified atom stereocenters. The Kier molecular flexibility index (Phi) is 5.03. The van der Waals surface area contributed by atoms with Crippen molar-refractivity contribution < 1.29 is 17.9 Å². The summed E-state index contributed by atoms with van der Waals surface area (Å²) in [4.78, 5) is 12.2. The summed E-state index contributed by atoms with van der Waals surface area (Å²) in [5, 5.41) is 11.1. The van der Waals surface area contributed by atoms with Crippen LogP contribution in [0.15, 0.2) is 53.4 Å². The quantitative estimate of drug-likeness (QED) is 0.614. The van der Waals surface area contributed by atoms with Gasteiger partial charge in [0, 0.05) is 5.69 Å². The maximum absolute atomic E-state index is 12.5. The number of carbonyl (C=O) groups is 1. The van der Waals surface area contributed by atoms with E-state index in [-0.39, 0.29) is 10.7 Å². The first kappa shape index (κ1) is 18.3. The maximum Gasteiger partial charge on any atom is 0.290 e. The molecule has 3 N–H and O–H groups in total. The molecule has 2 aromatic carbocycles. The van der Waals surface area contributed by atoms with Crippen LogP contribution in [0, 0.1) is 0 Å². The van der Waals surface area contributed by atoms with E-state index in [0.717, 1.165) is 4.80 Å². The molecule has 3 rings (SSSR count). The first-order valence-corrected chi connectivity index (χ1v) is 9.33. The molecule has 1 aromatic heterocycles. The van der Waals surface area contributed by atoms with Gasteiger partial charge in [0.25, 0.3) is 21.8 Å². The van der Waals surface area contributed by atoms with Gasteiger partial charge in [-0.25, -0.2) is 8.42 Å². The van der Waals surface area contributed by atoms with Crippen LogP contribution in [0.3, 0.4) is 0 Å². The van der Waals surface area contributed by atoms with Crippen LogP contribution < -0.4 is 15.2 Å². The first-order valence-electron chi connectivity index (χ1n) is 7.85. The number of nitrogens with one attached hydrogen (secondary N) is 1. The van der Waals surface area contributed by atoms with Crippen molar-refractivity contribution in [3.05, 3.63) is 54.4 Å². The summed E-state index contributed by atoms with van der Waals surface area (Å²) in [5.74, 6) is -0.410. The van der Waals surface area contributed by atoms with Gasteiger partial charge in [-0.1, -0.05) is 0 Å². The summed E-state index contributed by atoms with van der Waals surface area (Å²) < 4.78 is 32.7. The molecule has 27 heavy (non-hydrogen) atoms. The predicted octanol–water partition coefficient (Wildman–Crippen LogP) is 0.961. The van der Waals surface area contributed by atoms with Crippen LogP contribution >= 0.6 is 0 Å². The van der Waals surface area contributed by atoms with Crippen LogP contribution in [-0.2, 0) is 10.0 Å². The number of amides is 1. The van der Waals surface area contributed by atoms with Gasteiger partial charge in [-0.05, 0) is 60.7 Å². The highest BCUT2D eigenvalue weighted by molar-refractivity contribution is 7.92. The van der Waals surface area contributed by atoms with Gasteiger partial charge in [-0.2, -0.15) is 0 Å². The molecule has 0 atom stereocenters. The normalized spacial score (nSPS) is 11.1. The molecule has 0 radical (unpaired) electrons. The highest BCUT2D eigenvalue weighted by Gasteiger charge is 2.15. The number of nitrogens with zero attached hydrogens (tertiary/aromatic N) is 4. The molecule has 1 heterocycles. The van der Waals surface area contributed by atoms with Crippen molar-refractivity contribution in [1.29, 1.82) is 0 Å². The predicted molar refractivity (Wildman–Crippen MR) is 96.1 cm³/mol. The smallest absolute Gasteiger partial charge is 0.290 e. The van der Waals surface area contributed by atoms with E-state index in [1.165, 1.54) is 24.3 Å². The zero-order valence-electron chi connectivity index (χ0n) is 14.2. The van der Waals surface area contributed by atoms with Crippen LogP contribution in [0.2, 0.25) is 0 Å². The summed E-state index contributed by atoms with van der Waals surface area (Å²) in [6, 6.07) is 12.3. The van der Waals surface area contributed by atoms with Crippen molar-refractivity contribution in [2.75, 3.05) is 11.3 Å². The molecule has 0 bridgehead atoms. The van der Waals surface area contributed by atoms with Gasteiger partial charge < -0.3 is 10.5 Å². The third-order valence-electron chi connectivity index (χ3n) is 3.43. The summed E-state index contributed by atoms with van der Waals surface area (Å²) in [7, 11) is -3.75. The molecule has 0 aliphatic heterocycles. The number of hydrogen-bond acceptors (Lipinski definition) is 7. The van der Waals surface area contributed by atoms with Crippen LogP contribution in [0.1, 0.15) is 17.5 Å². The number of carbonyl (C=O) groups excluding carboxylic acids is 1. The fraction of sp³-hybridized carbons (Fsp3) is 0.125. The minimum absolute atomic E-state index is 0.110. The number of nitrogens with two attached hydrogens (primary N) is 1. The Hall–Kier alpha value is -3.47. The summed E-state index contributed by atoms with van der Waals surface area (Å²) >= 11 is 0. The maximum atomic E-state index is 12.5. The van der Waals surface area contributed by atoms with E-state index in [0.29, 0.717) is 23.7 Å². The number of sulfonamides is 1. The topological polar surface area (TPSA) is 142 Å². The van der Waals surface area contributed by atoms with Gasteiger partial charge >= 0.3 is 0 Å². The Morgan fingerprint density at radius 2 is 1.81 bits per heavy atom. The van der Waals surface area contributed by atoms with E-state index in [4.69, 9.17) is 10.5 Å². The lowest BCUT2D eigenvalue weighted by Gasteiger charge is -2.09. The number of rotatable bonds is 7. The zero-order chi connectivity index (χ0) is 19.4. The van der Waals surface area contributed by atoms with Crippen molar-refractivity contribution in [2.24, 2.45) is 5.73 Å². The number of aromatic nitrogens is 4. The third kappa shape index (κ3) is 4.20. The monoisotopic (exact) mass is 388 g/mol. The minimum Gasteiger partial charge on any atom is -0.494 e. The number of anilines is 1. The Morgan fingerprint density at radius 1 is 1.15 bits per heavy atom. The molecule has 11 heteroatoms. The standard InChI is InChI=1S/C16H16N6O4S/c1-2-26-13-7-9-14(10-8-13)27(24,25)20-11-3-5-12(6-4-11)22-19-16(15(17)23)18-21-22/h3-10,20H,2H2,1H3,(H2,17,23). The minimum atomic E-state index is -3.75. The molecular formula is C16H16N6O4S. The zero-order valence-corrected chi connectivity index (χ0v) is 15.0. The Balaban J connectivity index is 1.75. The number of tetrazole rings is 1. The molecule has 0 saturated heterocycles. The Morgan fingerprint density at radius 3 is 2.37 bits per heavy atom. The van der Waals surface area contributed by atoms with E-state index in [1.807, 2.05) is 6.92 Å². The molecule has 0 aliphatic rings. The van der Waals surface area contributed by atoms with Gasteiger partial charge in [0.1, 0.15) is 5.75 Å². The molecule has 0 saturated carbocycles. The fourth-order valence-electron chi connectivity index (χ4n) is 2.18. The summed E-state index contributed by atoms with van der Waals surface area (Å²) in [5.41, 5.74) is 5.91. The lowest BCUT2D eigenvalue weighted by atomic mass is 10.3. The molecule has 10 nitrogen and oxygen atoms in total. The molecule has 140 valence electrons. The van der Waals surface area contributed by atoms with Crippen LogP contribution in [0.5, 0.6) is 5.75 Å². The van der Waals surface area contributed by atoms with Crippen LogP contribution in [0.4, 0.5) is 5.69 Å². The van der Waals surface area contributed by atoms with E-state index >= 15 is 0 Å². The third-order valence-corrected chi connectivity index (χ3v) is 4.83. The SMILES string of the molecule is CCOc1ccc(S(=O)(=O)Nc2ccc(-n3nnc(C(N)=O)n3)cc2)cc1. The number of hydrogen-bond donors (Lipinski definition) is 2. The van der Waals surface area contributed by atoms with Crippen molar-refractivity contribution >= 4 is 21.6 Å². The lowest BCUT2D eigenvalue weighted by molar-refractivity contribution is 0.0990. The van der Waals surface area contributed by atoms with Crippen LogP contribution in [-0.4, -0.2) is 41.1 Å². The first-order chi connectivity index (χ1) is 12.9.